The van der Waals surface area contributed by atoms with E-state index >= 15 is 0 Å². The SMILES string of the molecule is COc1ccc(-c2ccnn2-c2ccc(-c3c(C)noc3C)cc2)cc1O[C@@H]1CCOC1. The first kappa shape index (κ1) is 20.3. The molecule has 1 aliphatic heterocycles. The average molecular weight is 431 g/mol. The molecule has 1 atom stereocenters. The van der Waals surface area contributed by atoms with Crippen LogP contribution >= 0.6 is 0 Å². The Morgan fingerprint density at radius 2 is 1.81 bits per heavy atom. The van der Waals surface area contributed by atoms with Gasteiger partial charge in [0.1, 0.15) is 11.9 Å². The average Bonchev–Trinajstić information content (AvgIpc) is 3.56. The maximum atomic E-state index is 6.17. The molecule has 32 heavy (non-hydrogen) atoms. The summed E-state index contributed by atoms with van der Waals surface area (Å²) in [7, 11) is 1.65. The number of nitrogens with zero attached hydrogens (tertiary/aromatic N) is 3. The number of hydrogen-bond donors (Lipinski definition) is 0. The molecule has 1 fully saturated rings. The molecule has 7 nitrogen and oxygen atoms in total. The smallest absolute Gasteiger partial charge is 0.162 e. The van der Waals surface area contributed by atoms with E-state index in [4.69, 9.17) is 18.7 Å². The third kappa shape index (κ3) is 3.76. The molecule has 0 radical (unpaired) electrons. The summed E-state index contributed by atoms with van der Waals surface area (Å²) in [5.41, 5.74) is 5.90. The molecule has 164 valence electrons. The van der Waals surface area contributed by atoms with Crippen LogP contribution in [0.4, 0.5) is 0 Å². The van der Waals surface area contributed by atoms with Gasteiger partial charge in [-0.25, -0.2) is 4.68 Å². The lowest BCUT2D eigenvalue weighted by molar-refractivity contribution is 0.138. The van der Waals surface area contributed by atoms with Crippen molar-refractivity contribution in [1.82, 2.24) is 14.9 Å². The summed E-state index contributed by atoms with van der Waals surface area (Å²) >= 11 is 0. The first-order valence-corrected chi connectivity index (χ1v) is 10.6. The Bertz CT molecular complexity index is 1200. The molecule has 0 aliphatic carbocycles. The Morgan fingerprint density at radius 3 is 2.50 bits per heavy atom. The fourth-order valence-electron chi connectivity index (χ4n) is 4.11. The predicted octanol–water partition coefficient (Wildman–Crippen LogP) is 4.99. The molecular weight excluding hydrogens is 406 g/mol. The molecule has 0 bridgehead atoms. The van der Waals surface area contributed by atoms with Gasteiger partial charge in [-0.3, -0.25) is 0 Å². The third-order valence-corrected chi connectivity index (χ3v) is 5.72. The second-order valence-corrected chi connectivity index (χ2v) is 7.84. The number of methoxy groups -OCH3 is 1. The van der Waals surface area contributed by atoms with Crippen LogP contribution in [0.25, 0.3) is 28.1 Å². The topological polar surface area (TPSA) is 71.5 Å². The lowest BCUT2D eigenvalue weighted by atomic mass is 10.0. The summed E-state index contributed by atoms with van der Waals surface area (Å²) in [6.07, 6.45) is 2.72. The van der Waals surface area contributed by atoms with Gasteiger partial charge in [0.25, 0.3) is 0 Å². The van der Waals surface area contributed by atoms with Crippen molar-refractivity contribution in [2.75, 3.05) is 20.3 Å². The molecule has 0 amide bonds. The van der Waals surface area contributed by atoms with Crippen molar-refractivity contribution in [2.24, 2.45) is 0 Å². The van der Waals surface area contributed by atoms with E-state index in [-0.39, 0.29) is 6.10 Å². The van der Waals surface area contributed by atoms with Gasteiger partial charge >= 0.3 is 0 Å². The Labute approximate surface area is 186 Å². The van der Waals surface area contributed by atoms with Crippen molar-refractivity contribution in [2.45, 2.75) is 26.4 Å². The summed E-state index contributed by atoms with van der Waals surface area (Å²) in [5, 5.41) is 8.61. The van der Waals surface area contributed by atoms with Gasteiger partial charge in [0.2, 0.25) is 0 Å². The fourth-order valence-corrected chi connectivity index (χ4v) is 4.11. The first-order valence-electron chi connectivity index (χ1n) is 10.6. The third-order valence-electron chi connectivity index (χ3n) is 5.72. The summed E-state index contributed by atoms with van der Waals surface area (Å²) in [4.78, 5) is 0. The zero-order valence-electron chi connectivity index (χ0n) is 18.4. The summed E-state index contributed by atoms with van der Waals surface area (Å²) < 4.78 is 24.3. The molecule has 0 spiro atoms. The molecule has 1 saturated heterocycles. The molecular formula is C25H25N3O4. The van der Waals surface area contributed by atoms with Gasteiger partial charge < -0.3 is 18.7 Å². The highest BCUT2D eigenvalue weighted by Crippen LogP contribution is 2.35. The summed E-state index contributed by atoms with van der Waals surface area (Å²) in [5.74, 6) is 2.23. The normalized spacial score (nSPS) is 15.8. The zero-order chi connectivity index (χ0) is 22.1. The molecule has 1 aliphatic rings. The van der Waals surface area contributed by atoms with Gasteiger partial charge in [-0.2, -0.15) is 5.10 Å². The quantitative estimate of drug-likeness (QED) is 0.428. The molecule has 5 rings (SSSR count). The Hall–Kier alpha value is -3.58. The van der Waals surface area contributed by atoms with E-state index in [1.807, 2.05) is 42.8 Å². The molecule has 7 heteroatoms. The van der Waals surface area contributed by atoms with Crippen LogP contribution in [0.1, 0.15) is 17.9 Å². The van der Waals surface area contributed by atoms with Crippen LogP contribution in [0.15, 0.2) is 59.3 Å². The van der Waals surface area contributed by atoms with Crippen LogP contribution in [0.3, 0.4) is 0 Å². The van der Waals surface area contributed by atoms with E-state index in [2.05, 4.69) is 34.5 Å². The van der Waals surface area contributed by atoms with Gasteiger partial charge in [0.05, 0.1) is 43.6 Å². The van der Waals surface area contributed by atoms with Crippen LogP contribution in [-0.4, -0.2) is 41.4 Å². The van der Waals surface area contributed by atoms with Gasteiger partial charge in [-0.15, -0.1) is 0 Å². The van der Waals surface area contributed by atoms with Crippen LogP contribution in [0.2, 0.25) is 0 Å². The number of ether oxygens (including phenoxy) is 3. The van der Waals surface area contributed by atoms with Crippen molar-refractivity contribution in [1.29, 1.82) is 0 Å². The molecule has 2 aromatic heterocycles. The van der Waals surface area contributed by atoms with Gasteiger partial charge in [0.15, 0.2) is 11.5 Å². The highest BCUT2D eigenvalue weighted by Gasteiger charge is 2.20. The highest BCUT2D eigenvalue weighted by atomic mass is 16.6. The van der Waals surface area contributed by atoms with Gasteiger partial charge in [-0.05, 0) is 55.8 Å². The maximum Gasteiger partial charge on any atom is 0.162 e. The number of aromatic nitrogens is 3. The van der Waals surface area contributed by atoms with Crippen molar-refractivity contribution in [3.8, 4) is 39.6 Å². The van der Waals surface area contributed by atoms with Crippen LogP contribution in [-0.2, 0) is 4.74 Å². The predicted molar refractivity (Wildman–Crippen MR) is 120 cm³/mol. The number of hydrogen-bond acceptors (Lipinski definition) is 6. The largest absolute Gasteiger partial charge is 0.493 e. The molecule has 0 N–H and O–H groups in total. The monoisotopic (exact) mass is 431 g/mol. The first-order chi connectivity index (χ1) is 15.6. The van der Waals surface area contributed by atoms with E-state index in [1.165, 1.54) is 0 Å². The molecule has 4 aromatic rings. The summed E-state index contributed by atoms with van der Waals surface area (Å²) in [6.45, 7) is 5.20. The number of aryl methyl sites for hydroxylation is 2. The Kier molecular flexibility index (Phi) is 5.41. The van der Waals surface area contributed by atoms with Crippen LogP contribution < -0.4 is 9.47 Å². The molecule has 2 aromatic carbocycles. The van der Waals surface area contributed by atoms with Crippen molar-refractivity contribution in [3.63, 3.8) is 0 Å². The minimum atomic E-state index is 0.0425. The zero-order valence-corrected chi connectivity index (χ0v) is 18.4. The second kappa shape index (κ2) is 8.51. The van der Waals surface area contributed by atoms with E-state index in [0.29, 0.717) is 18.1 Å². The highest BCUT2D eigenvalue weighted by molar-refractivity contribution is 5.70. The maximum absolute atomic E-state index is 6.17. The standard InChI is InChI=1S/C25H25N3O4/c1-16-25(17(2)32-27-16)18-4-7-20(8-5-18)28-22(10-12-26-28)19-6-9-23(29-3)24(14-19)31-21-11-13-30-15-21/h4-10,12,14,21H,11,13,15H2,1-3H3/t21-/m1/s1. The number of benzene rings is 2. The van der Waals surface area contributed by atoms with Crippen molar-refractivity contribution in [3.05, 3.63) is 66.2 Å². The van der Waals surface area contributed by atoms with Gasteiger partial charge in [0, 0.05) is 17.5 Å². The van der Waals surface area contributed by atoms with E-state index in [1.54, 1.807) is 13.3 Å². The van der Waals surface area contributed by atoms with Crippen LogP contribution in [0, 0.1) is 13.8 Å². The lowest BCUT2D eigenvalue weighted by Crippen LogP contribution is -2.16. The fraction of sp³-hybridized carbons (Fsp3) is 0.280. The Balaban J connectivity index is 1.47. The summed E-state index contributed by atoms with van der Waals surface area (Å²) in [6, 6.07) is 16.2. The lowest BCUT2D eigenvalue weighted by Gasteiger charge is -2.16. The van der Waals surface area contributed by atoms with Crippen molar-refractivity contribution < 1.29 is 18.7 Å². The van der Waals surface area contributed by atoms with E-state index in [0.717, 1.165) is 52.6 Å². The van der Waals surface area contributed by atoms with E-state index in [9.17, 15) is 0 Å². The number of rotatable bonds is 6. The van der Waals surface area contributed by atoms with Crippen LogP contribution in [0.5, 0.6) is 11.5 Å². The molecule has 0 unspecified atom stereocenters. The van der Waals surface area contributed by atoms with Crippen molar-refractivity contribution >= 4 is 0 Å². The van der Waals surface area contributed by atoms with Gasteiger partial charge in [-0.1, -0.05) is 17.3 Å². The minimum Gasteiger partial charge on any atom is -0.493 e. The van der Waals surface area contributed by atoms with E-state index < -0.39 is 0 Å². The Morgan fingerprint density at radius 1 is 1.00 bits per heavy atom. The minimum absolute atomic E-state index is 0.0425. The molecule has 0 saturated carbocycles. The molecule has 3 heterocycles. The second-order valence-electron chi connectivity index (χ2n) is 7.84.